The molecule has 19 heavy (non-hydrogen) atoms. The molecule has 0 N–H and O–H groups in total. The van der Waals surface area contributed by atoms with Crippen LogP contribution < -0.4 is 0 Å². The van der Waals surface area contributed by atoms with Crippen LogP contribution in [0.3, 0.4) is 0 Å². The maximum Gasteiger partial charge on any atom is 0.319 e. The molecular formula is C13H12F2N2OS. The van der Waals surface area contributed by atoms with Crippen LogP contribution in [-0.2, 0) is 5.75 Å². The molecular weight excluding hydrogens is 270 g/mol. The molecule has 0 amide bonds. The Balaban J connectivity index is 2.08. The lowest BCUT2D eigenvalue weighted by molar-refractivity contribution is 0.0678. The van der Waals surface area contributed by atoms with E-state index in [4.69, 9.17) is 0 Å². The van der Waals surface area contributed by atoms with Gasteiger partial charge in [0.25, 0.3) is 0 Å². The van der Waals surface area contributed by atoms with E-state index in [0.717, 1.165) is 9.46 Å². The molecule has 0 saturated heterocycles. The second-order valence-corrected chi connectivity index (χ2v) is 4.95. The molecule has 0 bridgehead atoms. The van der Waals surface area contributed by atoms with Gasteiger partial charge in [-0.1, -0.05) is 12.1 Å². The zero-order valence-electron chi connectivity index (χ0n) is 10.2. The fourth-order valence-corrected chi connectivity index (χ4v) is 2.49. The first-order chi connectivity index (χ1) is 9.08. The Bertz CT molecular complexity index is 584. The van der Waals surface area contributed by atoms with Crippen molar-refractivity contribution in [1.29, 1.82) is 0 Å². The van der Waals surface area contributed by atoms with Crippen LogP contribution in [0.5, 0.6) is 0 Å². The van der Waals surface area contributed by atoms with Crippen LogP contribution in [0, 0.1) is 0 Å². The molecule has 1 aromatic heterocycles. The van der Waals surface area contributed by atoms with Crippen molar-refractivity contribution in [3.8, 4) is 0 Å². The van der Waals surface area contributed by atoms with E-state index in [-0.39, 0.29) is 5.78 Å². The second-order valence-electron chi connectivity index (χ2n) is 3.90. The highest BCUT2D eigenvalue weighted by atomic mass is 32.2. The monoisotopic (exact) mass is 282 g/mol. The van der Waals surface area contributed by atoms with Crippen LogP contribution in [0.25, 0.3) is 0 Å². The van der Waals surface area contributed by atoms with Crippen LogP contribution in [0.2, 0.25) is 0 Å². The number of hydrogen-bond donors (Lipinski definition) is 0. The summed E-state index contributed by atoms with van der Waals surface area (Å²) in [5.41, 5.74) is 0.613. The van der Waals surface area contributed by atoms with Crippen molar-refractivity contribution < 1.29 is 13.6 Å². The molecule has 0 atom stereocenters. The molecule has 0 fully saturated rings. The molecule has 3 nitrogen and oxygen atoms in total. The van der Waals surface area contributed by atoms with Crippen LogP contribution in [0.4, 0.5) is 8.78 Å². The molecule has 2 aromatic rings. The summed E-state index contributed by atoms with van der Waals surface area (Å²) >= 11 is 1.37. The average molecular weight is 282 g/mol. The molecule has 0 saturated carbocycles. The van der Waals surface area contributed by atoms with Gasteiger partial charge in [0.15, 0.2) is 5.78 Å². The number of ketones is 1. The van der Waals surface area contributed by atoms with Gasteiger partial charge in [0, 0.05) is 22.9 Å². The lowest BCUT2D eigenvalue weighted by Gasteiger charge is -2.06. The van der Waals surface area contributed by atoms with E-state index in [2.05, 4.69) is 4.98 Å². The largest absolute Gasteiger partial charge is 0.319 e. The van der Waals surface area contributed by atoms with E-state index in [1.54, 1.807) is 18.2 Å². The smallest absolute Gasteiger partial charge is 0.295 e. The number of Topliss-reactive ketones (excluding diaryl/α,β-unsaturated/α-hetero) is 1. The Morgan fingerprint density at radius 2 is 2.26 bits per heavy atom. The van der Waals surface area contributed by atoms with Crippen molar-refractivity contribution in [3.63, 3.8) is 0 Å². The third-order valence-corrected chi connectivity index (χ3v) is 3.56. The standard InChI is InChI=1S/C13H12F2N2OS/c1-9(18)10-3-2-4-11(7-10)19-8-12-16-5-6-17(12)13(14)15/h2-7,13H,8H2,1H3. The normalized spacial score (nSPS) is 10.9. The number of rotatable bonds is 5. The Morgan fingerprint density at radius 1 is 1.47 bits per heavy atom. The Kier molecular flexibility index (Phi) is 4.31. The molecule has 0 aliphatic carbocycles. The molecule has 100 valence electrons. The van der Waals surface area contributed by atoms with Gasteiger partial charge in [-0.3, -0.25) is 9.36 Å². The first-order valence-corrected chi connectivity index (χ1v) is 6.60. The van der Waals surface area contributed by atoms with E-state index in [0.29, 0.717) is 17.1 Å². The number of halogens is 2. The minimum absolute atomic E-state index is 0.0171. The molecule has 6 heteroatoms. The Hall–Kier alpha value is -1.69. The van der Waals surface area contributed by atoms with Gasteiger partial charge in [0.1, 0.15) is 5.82 Å². The van der Waals surface area contributed by atoms with Gasteiger partial charge >= 0.3 is 6.55 Å². The zero-order valence-corrected chi connectivity index (χ0v) is 11.0. The van der Waals surface area contributed by atoms with Crippen LogP contribution >= 0.6 is 11.8 Å². The zero-order chi connectivity index (χ0) is 13.8. The molecule has 0 unspecified atom stereocenters. The van der Waals surface area contributed by atoms with Crippen molar-refractivity contribution in [2.24, 2.45) is 0 Å². The van der Waals surface area contributed by atoms with E-state index in [1.807, 2.05) is 6.07 Å². The minimum Gasteiger partial charge on any atom is -0.295 e. The number of imidazole rings is 1. The number of carbonyl (C=O) groups excluding carboxylic acids is 1. The molecule has 1 heterocycles. The van der Waals surface area contributed by atoms with Crippen molar-refractivity contribution in [1.82, 2.24) is 9.55 Å². The van der Waals surface area contributed by atoms with Crippen molar-refractivity contribution in [3.05, 3.63) is 48.0 Å². The van der Waals surface area contributed by atoms with Gasteiger partial charge < -0.3 is 0 Å². The number of aromatic nitrogens is 2. The first kappa shape index (κ1) is 13.7. The Morgan fingerprint density at radius 3 is 2.95 bits per heavy atom. The maximum atomic E-state index is 12.6. The highest BCUT2D eigenvalue weighted by Gasteiger charge is 2.11. The van der Waals surface area contributed by atoms with Gasteiger partial charge in [-0.25, -0.2) is 4.98 Å². The van der Waals surface area contributed by atoms with Crippen LogP contribution in [-0.4, -0.2) is 15.3 Å². The summed E-state index contributed by atoms with van der Waals surface area (Å²) in [6.07, 6.45) is 2.61. The van der Waals surface area contributed by atoms with E-state index in [1.165, 1.54) is 31.1 Å². The highest BCUT2D eigenvalue weighted by molar-refractivity contribution is 7.98. The molecule has 0 spiro atoms. The third kappa shape index (κ3) is 3.41. The number of thioether (sulfide) groups is 1. The van der Waals surface area contributed by atoms with Gasteiger partial charge in [-0.2, -0.15) is 8.78 Å². The third-order valence-electron chi connectivity index (χ3n) is 2.57. The summed E-state index contributed by atoms with van der Waals surface area (Å²) in [4.78, 5) is 16.0. The fourth-order valence-electron chi connectivity index (χ4n) is 1.59. The number of benzene rings is 1. The van der Waals surface area contributed by atoms with Crippen molar-refractivity contribution in [2.45, 2.75) is 24.1 Å². The predicted octanol–water partition coefficient (Wildman–Crippen LogP) is 3.77. The molecule has 1 aromatic carbocycles. The van der Waals surface area contributed by atoms with E-state index < -0.39 is 6.55 Å². The topological polar surface area (TPSA) is 34.9 Å². The molecule has 0 aliphatic heterocycles. The Labute approximate surface area is 113 Å². The number of nitrogens with zero attached hydrogens (tertiary/aromatic N) is 2. The summed E-state index contributed by atoms with van der Waals surface area (Å²) < 4.78 is 26.1. The fraction of sp³-hybridized carbons (Fsp3) is 0.231. The molecule has 0 aliphatic rings. The van der Waals surface area contributed by atoms with Crippen molar-refractivity contribution in [2.75, 3.05) is 0 Å². The quantitative estimate of drug-likeness (QED) is 0.618. The van der Waals surface area contributed by atoms with E-state index in [9.17, 15) is 13.6 Å². The summed E-state index contributed by atoms with van der Waals surface area (Å²) in [6.45, 7) is -1.09. The van der Waals surface area contributed by atoms with Gasteiger partial charge in [0.05, 0.1) is 5.75 Å². The van der Waals surface area contributed by atoms with Gasteiger partial charge in [-0.15, -0.1) is 11.8 Å². The van der Waals surface area contributed by atoms with Gasteiger partial charge in [-0.05, 0) is 19.1 Å². The second kappa shape index (κ2) is 5.97. The number of carbonyl (C=O) groups is 1. The highest BCUT2D eigenvalue weighted by Crippen LogP contribution is 2.24. The molecule has 2 rings (SSSR count). The lowest BCUT2D eigenvalue weighted by atomic mass is 10.2. The summed E-state index contributed by atoms with van der Waals surface area (Å²) in [5, 5.41) is 0. The van der Waals surface area contributed by atoms with Crippen LogP contribution in [0.1, 0.15) is 29.7 Å². The number of alkyl halides is 2. The molecule has 0 radical (unpaired) electrons. The summed E-state index contributed by atoms with van der Waals surface area (Å²) in [5.74, 6) is 0.628. The minimum atomic E-state index is -2.58. The van der Waals surface area contributed by atoms with Gasteiger partial charge in [0.2, 0.25) is 0 Å². The van der Waals surface area contributed by atoms with E-state index >= 15 is 0 Å². The first-order valence-electron chi connectivity index (χ1n) is 5.61. The maximum absolute atomic E-state index is 12.6. The number of hydrogen-bond acceptors (Lipinski definition) is 3. The summed E-state index contributed by atoms with van der Waals surface area (Å²) in [6, 6.07) is 7.10. The summed E-state index contributed by atoms with van der Waals surface area (Å²) in [7, 11) is 0. The lowest BCUT2D eigenvalue weighted by Crippen LogP contribution is -2.02. The van der Waals surface area contributed by atoms with Crippen molar-refractivity contribution >= 4 is 17.5 Å². The van der Waals surface area contributed by atoms with Crippen LogP contribution in [0.15, 0.2) is 41.6 Å². The SMILES string of the molecule is CC(=O)c1cccc(SCc2nccn2C(F)F)c1. The predicted molar refractivity (Wildman–Crippen MR) is 69.5 cm³/mol. The average Bonchev–Trinajstić information content (AvgIpc) is 2.85.